The van der Waals surface area contributed by atoms with Gasteiger partial charge >= 0.3 is 0 Å². The molecule has 0 saturated heterocycles. The zero-order chi connectivity index (χ0) is 14.2. The van der Waals surface area contributed by atoms with Crippen LogP contribution in [0.4, 0.5) is 11.4 Å². The van der Waals surface area contributed by atoms with Crippen LogP contribution in [-0.4, -0.2) is 31.8 Å². The molecular weight excluding hydrogens is 266 g/mol. The summed E-state index contributed by atoms with van der Waals surface area (Å²) in [6.45, 7) is 0. The number of nitrogens with zero attached hydrogens (tertiary/aromatic N) is 1. The van der Waals surface area contributed by atoms with Crippen molar-refractivity contribution < 1.29 is 9.59 Å². The van der Waals surface area contributed by atoms with Crippen molar-refractivity contribution in [2.75, 3.05) is 24.3 Å². The summed E-state index contributed by atoms with van der Waals surface area (Å²) >= 11 is 6.16. The van der Waals surface area contributed by atoms with E-state index in [4.69, 9.17) is 17.3 Å². The van der Waals surface area contributed by atoms with Gasteiger partial charge in [0.05, 0.1) is 10.6 Å². The normalized spacial score (nSPS) is 17.6. The number of primary amides is 1. The third-order valence-corrected chi connectivity index (χ3v) is 3.41. The monoisotopic (exact) mass is 281 g/mol. The van der Waals surface area contributed by atoms with Crippen molar-refractivity contribution >= 4 is 34.7 Å². The van der Waals surface area contributed by atoms with Crippen molar-refractivity contribution in [3.05, 3.63) is 22.7 Å². The topological polar surface area (TPSA) is 75.4 Å². The highest BCUT2D eigenvalue weighted by atomic mass is 35.5. The number of hydrogen-bond donors (Lipinski definition) is 2. The van der Waals surface area contributed by atoms with E-state index in [-0.39, 0.29) is 24.7 Å². The maximum Gasteiger partial charge on any atom is 0.219 e. The standard InChI is InChI=1S/C13H16ClN3O2/c1-17(2)8-5-9(14)13-10(6-8)16-7(3-11(13)18)4-12(15)19/h5-7,16H,3-4H2,1-2H3,(H2,15,19). The van der Waals surface area contributed by atoms with Gasteiger partial charge in [0, 0.05) is 44.4 Å². The molecule has 0 bridgehead atoms. The quantitative estimate of drug-likeness (QED) is 0.883. The Bertz CT molecular complexity index is 543. The van der Waals surface area contributed by atoms with E-state index in [0.717, 1.165) is 5.69 Å². The Hall–Kier alpha value is -1.75. The van der Waals surface area contributed by atoms with Crippen LogP contribution in [0.3, 0.4) is 0 Å². The largest absolute Gasteiger partial charge is 0.381 e. The lowest BCUT2D eigenvalue weighted by atomic mass is 9.94. The van der Waals surface area contributed by atoms with Crippen molar-refractivity contribution in [1.29, 1.82) is 0 Å². The first-order valence-corrected chi connectivity index (χ1v) is 6.35. The van der Waals surface area contributed by atoms with Crippen molar-refractivity contribution in [1.82, 2.24) is 0 Å². The number of amides is 1. The highest BCUT2D eigenvalue weighted by Gasteiger charge is 2.28. The molecule has 0 saturated carbocycles. The van der Waals surface area contributed by atoms with Crippen molar-refractivity contribution in [2.24, 2.45) is 5.73 Å². The molecule has 1 aliphatic rings. The zero-order valence-electron chi connectivity index (χ0n) is 10.9. The number of nitrogens with one attached hydrogen (secondary N) is 1. The molecule has 1 atom stereocenters. The molecule has 5 nitrogen and oxygen atoms in total. The molecule has 0 radical (unpaired) electrons. The Balaban J connectivity index is 2.39. The predicted molar refractivity (Wildman–Crippen MR) is 75.9 cm³/mol. The van der Waals surface area contributed by atoms with E-state index >= 15 is 0 Å². The fraction of sp³-hybridized carbons (Fsp3) is 0.385. The van der Waals surface area contributed by atoms with Gasteiger partial charge in [-0.1, -0.05) is 11.6 Å². The zero-order valence-corrected chi connectivity index (χ0v) is 11.6. The smallest absolute Gasteiger partial charge is 0.219 e. The first-order valence-electron chi connectivity index (χ1n) is 5.97. The Morgan fingerprint density at radius 1 is 1.53 bits per heavy atom. The molecule has 19 heavy (non-hydrogen) atoms. The molecule has 1 aromatic carbocycles. The predicted octanol–water partition coefficient (Wildman–Crippen LogP) is 1.65. The number of Topliss-reactive ketones (excluding diaryl/α,β-unsaturated/α-hetero) is 1. The van der Waals surface area contributed by atoms with E-state index in [9.17, 15) is 9.59 Å². The third-order valence-electron chi connectivity index (χ3n) is 3.11. The van der Waals surface area contributed by atoms with E-state index in [2.05, 4.69) is 5.32 Å². The van der Waals surface area contributed by atoms with E-state index in [1.54, 1.807) is 6.07 Å². The van der Waals surface area contributed by atoms with Crippen molar-refractivity contribution in [2.45, 2.75) is 18.9 Å². The second kappa shape index (κ2) is 5.09. The summed E-state index contributed by atoms with van der Waals surface area (Å²) in [5, 5.41) is 3.59. The lowest BCUT2D eigenvalue weighted by molar-refractivity contribution is -0.118. The molecule has 1 aromatic rings. The Labute approximate surface area is 116 Å². The van der Waals surface area contributed by atoms with Gasteiger partial charge in [0.15, 0.2) is 5.78 Å². The Morgan fingerprint density at radius 2 is 2.21 bits per heavy atom. The van der Waals surface area contributed by atoms with Gasteiger partial charge in [-0.2, -0.15) is 0 Å². The molecule has 0 aromatic heterocycles. The number of halogens is 1. The number of benzene rings is 1. The minimum absolute atomic E-state index is 0.0599. The molecule has 1 aliphatic heterocycles. The molecule has 0 spiro atoms. The minimum atomic E-state index is -0.427. The van der Waals surface area contributed by atoms with Crippen LogP contribution >= 0.6 is 11.6 Å². The van der Waals surface area contributed by atoms with Crippen LogP contribution in [0.2, 0.25) is 5.02 Å². The van der Waals surface area contributed by atoms with Crippen molar-refractivity contribution in [3.8, 4) is 0 Å². The lowest BCUT2D eigenvalue weighted by Crippen LogP contribution is -2.33. The maximum atomic E-state index is 12.1. The summed E-state index contributed by atoms with van der Waals surface area (Å²) in [6, 6.07) is 3.35. The summed E-state index contributed by atoms with van der Waals surface area (Å²) in [6.07, 6.45) is 0.367. The average Bonchev–Trinajstić information content (AvgIpc) is 2.26. The molecule has 1 unspecified atom stereocenters. The van der Waals surface area contributed by atoms with Gasteiger partial charge in [0.25, 0.3) is 0 Å². The van der Waals surface area contributed by atoms with Gasteiger partial charge in [-0.3, -0.25) is 9.59 Å². The number of fused-ring (bicyclic) bond motifs is 1. The minimum Gasteiger partial charge on any atom is -0.381 e. The fourth-order valence-electron chi connectivity index (χ4n) is 2.21. The van der Waals surface area contributed by atoms with E-state index < -0.39 is 5.91 Å². The van der Waals surface area contributed by atoms with Gasteiger partial charge in [-0.05, 0) is 12.1 Å². The molecule has 0 fully saturated rings. The van der Waals surface area contributed by atoms with Gasteiger partial charge < -0.3 is 16.0 Å². The SMILES string of the molecule is CN(C)c1cc(Cl)c2c(c1)NC(CC(N)=O)CC2=O. The van der Waals surface area contributed by atoms with Crippen LogP contribution in [0.5, 0.6) is 0 Å². The molecular formula is C13H16ClN3O2. The molecule has 0 aliphatic carbocycles. The van der Waals surface area contributed by atoms with Gasteiger partial charge in [0.1, 0.15) is 0 Å². The summed E-state index contributed by atoms with van der Waals surface area (Å²) in [5.74, 6) is -0.487. The number of hydrogen-bond acceptors (Lipinski definition) is 4. The lowest BCUT2D eigenvalue weighted by Gasteiger charge is -2.27. The third kappa shape index (κ3) is 2.81. The summed E-state index contributed by atoms with van der Waals surface area (Å²) in [4.78, 5) is 25.0. The number of carbonyl (C=O) groups excluding carboxylic acids is 2. The Morgan fingerprint density at radius 3 is 2.79 bits per heavy atom. The summed E-state index contributed by atoms with van der Waals surface area (Å²) in [5.41, 5.74) is 7.22. The van der Waals surface area contributed by atoms with Gasteiger partial charge in [-0.15, -0.1) is 0 Å². The summed E-state index contributed by atoms with van der Waals surface area (Å²) < 4.78 is 0. The van der Waals surface area contributed by atoms with E-state index in [1.807, 2.05) is 25.1 Å². The molecule has 1 amide bonds. The van der Waals surface area contributed by atoms with Crippen LogP contribution < -0.4 is 16.0 Å². The fourth-order valence-corrected chi connectivity index (χ4v) is 2.53. The summed E-state index contributed by atoms with van der Waals surface area (Å²) in [7, 11) is 3.78. The maximum absolute atomic E-state index is 12.1. The number of rotatable bonds is 3. The van der Waals surface area contributed by atoms with E-state index in [1.165, 1.54) is 0 Å². The second-order valence-corrected chi connectivity index (χ2v) is 5.29. The highest BCUT2D eigenvalue weighted by Crippen LogP contribution is 2.35. The number of nitrogens with two attached hydrogens (primary N) is 1. The average molecular weight is 282 g/mol. The van der Waals surface area contributed by atoms with Gasteiger partial charge in [0.2, 0.25) is 5.91 Å². The van der Waals surface area contributed by atoms with Crippen molar-refractivity contribution in [3.63, 3.8) is 0 Å². The van der Waals surface area contributed by atoms with Gasteiger partial charge in [-0.25, -0.2) is 0 Å². The molecule has 102 valence electrons. The Kier molecular flexibility index (Phi) is 3.66. The van der Waals surface area contributed by atoms with Crippen LogP contribution in [-0.2, 0) is 4.79 Å². The highest BCUT2D eigenvalue weighted by molar-refractivity contribution is 6.35. The van der Waals surface area contributed by atoms with Crippen LogP contribution in [0.25, 0.3) is 0 Å². The van der Waals surface area contributed by atoms with E-state index in [0.29, 0.717) is 16.3 Å². The first kappa shape index (κ1) is 13.7. The second-order valence-electron chi connectivity index (χ2n) is 4.88. The molecule has 2 rings (SSSR count). The number of anilines is 2. The van der Waals surface area contributed by atoms with Crippen LogP contribution in [0.15, 0.2) is 12.1 Å². The molecule has 6 heteroatoms. The first-order chi connectivity index (χ1) is 8.88. The van der Waals surface area contributed by atoms with Crippen LogP contribution in [0, 0.1) is 0 Å². The molecule has 3 N–H and O–H groups in total. The molecule has 1 heterocycles. The number of ketones is 1. The number of carbonyl (C=O) groups is 2. The van der Waals surface area contributed by atoms with Crippen LogP contribution in [0.1, 0.15) is 23.2 Å².